The first-order valence-corrected chi connectivity index (χ1v) is 5.75. The lowest BCUT2D eigenvalue weighted by Gasteiger charge is -2.52. The van der Waals surface area contributed by atoms with Crippen LogP contribution in [0, 0.1) is 0 Å². The summed E-state index contributed by atoms with van der Waals surface area (Å²) in [5.41, 5.74) is -11.2. The van der Waals surface area contributed by atoms with Crippen molar-refractivity contribution in [3.05, 3.63) is 34.8 Å². The lowest BCUT2D eigenvalue weighted by Crippen LogP contribution is -2.44. The molecule has 3 aliphatic carbocycles. The van der Waals surface area contributed by atoms with Crippen molar-refractivity contribution in [1.82, 2.24) is 0 Å². The summed E-state index contributed by atoms with van der Waals surface area (Å²) in [4.78, 5) is 0. The van der Waals surface area contributed by atoms with Crippen LogP contribution < -0.4 is 0 Å². The van der Waals surface area contributed by atoms with Gasteiger partial charge in [0, 0.05) is 19.2 Å². The summed E-state index contributed by atoms with van der Waals surface area (Å²) in [6.45, 7) is -3.19. The van der Waals surface area contributed by atoms with E-state index in [0.29, 0.717) is 0 Å². The summed E-state index contributed by atoms with van der Waals surface area (Å²) in [6, 6.07) is -2.73. The van der Waals surface area contributed by atoms with Crippen LogP contribution in [0.15, 0.2) is 18.1 Å². The molecule has 98 valence electrons. The Labute approximate surface area is 136 Å². The molecule has 0 aliphatic heterocycles. The number of hydrogen-bond donors (Lipinski definition) is 0. The third kappa shape index (κ3) is 1.57. The Kier molecular flexibility index (Phi) is 0.653. The Hall–Kier alpha value is -0.780. The topological polar surface area (TPSA) is 0 Å². The molecule has 0 aromatic heterocycles. The van der Waals surface area contributed by atoms with Gasteiger partial charge in [0.25, 0.3) is 0 Å². The monoisotopic (exact) mass is 259 g/mol. The molecule has 0 nitrogen and oxygen atoms in total. The Bertz CT molecular complexity index is 1070. The number of hydrogen-bond acceptors (Lipinski definition) is 0. The van der Waals surface area contributed by atoms with Crippen LogP contribution in [0.2, 0.25) is 0 Å². The maximum atomic E-state index is 8.87. The number of benzene rings is 1. The maximum Gasteiger partial charge on any atom is 0.0629 e. The van der Waals surface area contributed by atoms with Crippen LogP contribution in [-0.2, 0) is 16.2 Å². The third-order valence-corrected chi connectivity index (χ3v) is 3.19. The van der Waals surface area contributed by atoms with E-state index in [1.807, 2.05) is 0 Å². The normalized spacial score (nSPS) is 60.9. The fourth-order valence-corrected chi connectivity index (χ4v) is 2.03. The second-order valence-corrected chi connectivity index (χ2v) is 5.75. The van der Waals surface area contributed by atoms with Crippen LogP contribution in [0.5, 0.6) is 0 Å². The second-order valence-electron chi connectivity index (χ2n) is 5.75. The highest BCUT2D eigenvalue weighted by Gasteiger charge is 2.47. The Balaban J connectivity index is 2.97. The molecule has 3 aliphatic rings. The van der Waals surface area contributed by atoms with E-state index >= 15 is 0 Å². The molecule has 1 aromatic rings. The van der Waals surface area contributed by atoms with E-state index in [1.54, 1.807) is 0 Å². The van der Waals surface area contributed by atoms with Crippen LogP contribution >= 0.6 is 0 Å². The zero-order valence-corrected chi connectivity index (χ0v) is 10.5. The van der Waals surface area contributed by atoms with Crippen molar-refractivity contribution >= 4 is 0 Å². The van der Waals surface area contributed by atoms with Gasteiger partial charge in [-0.1, -0.05) is 52.6 Å². The van der Waals surface area contributed by atoms with E-state index in [2.05, 4.69) is 0 Å². The van der Waals surface area contributed by atoms with Gasteiger partial charge in [0.05, 0.1) is 4.11 Å². The second kappa shape index (κ2) is 3.40. The number of fused-ring (bicyclic) bond motifs is 2. The van der Waals surface area contributed by atoms with Gasteiger partial charge in [0.1, 0.15) is 0 Å². The van der Waals surface area contributed by atoms with E-state index in [0.717, 1.165) is 0 Å². The molecule has 2 bridgehead atoms. The minimum absolute atomic E-state index is 0.286. The van der Waals surface area contributed by atoms with E-state index in [9.17, 15) is 0 Å². The first kappa shape index (κ1) is 3.45. The molecule has 1 aromatic carbocycles. The fourth-order valence-electron chi connectivity index (χ4n) is 2.03. The highest BCUT2D eigenvalue weighted by atomic mass is 14.5. The van der Waals surface area contributed by atoms with E-state index in [4.69, 9.17) is 23.3 Å². The third-order valence-electron chi connectivity index (χ3n) is 3.19. The molecule has 0 N–H and O–H groups in total. The quantitative estimate of drug-likeness (QED) is 0.609. The first-order chi connectivity index (χ1) is 15.1. The minimum atomic E-state index is -3.92. The molecule has 4 rings (SSSR count). The summed E-state index contributed by atoms with van der Waals surface area (Å²) in [6.07, 6.45) is -15.6. The van der Waals surface area contributed by atoms with Crippen LogP contribution in [0.1, 0.15) is 100.0 Å². The Morgan fingerprint density at radius 3 is 2.11 bits per heavy atom. The largest absolute Gasteiger partial charge is 0.0629 e. The summed E-state index contributed by atoms with van der Waals surface area (Å²) < 4.78 is 145. The molecule has 1 saturated carbocycles. The van der Waals surface area contributed by atoms with Crippen molar-refractivity contribution in [2.75, 3.05) is 0 Å². The molecule has 0 radical (unpaired) electrons. The number of rotatable bonds is 0. The average Bonchev–Trinajstić information content (AvgIpc) is 2.56. The van der Waals surface area contributed by atoms with Crippen LogP contribution in [0.4, 0.5) is 0 Å². The first-order valence-electron chi connectivity index (χ1n) is 14.2. The predicted molar refractivity (Wildman–Crippen MR) is 78.3 cm³/mol. The lowest BCUT2D eigenvalue weighted by molar-refractivity contribution is 0.187. The molecule has 0 saturated heterocycles. The molecule has 0 amide bonds. The summed E-state index contributed by atoms with van der Waals surface area (Å²) in [5.74, 6) is 0. The van der Waals surface area contributed by atoms with Gasteiger partial charge in [-0.3, -0.25) is 0 Å². The van der Waals surface area contributed by atoms with Gasteiger partial charge in [-0.05, 0) is 58.4 Å². The smallest absolute Gasteiger partial charge is 0.0582 e. The van der Waals surface area contributed by atoms with Crippen molar-refractivity contribution in [3.8, 4) is 0 Å². The molecular weight excluding hydrogens is 216 g/mol. The van der Waals surface area contributed by atoms with E-state index in [-0.39, 0.29) is 5.56 Å². The molecule has 0 spiro atoms. The summed E-state index contributed by atoms with van der Waals surface area (Å²) in [7, 11) is 0. The molecule has 18 heavy (non-hydrogen) atoms. The van der Waals surface area contributed by atoms with Crippen LogP contribution in [0.25, 0.3) is 0 Å². The van der Waals surface area contributed by atoms with Gasteiger partial charge in [-0.2, -0.15) is 0 Å². The van der Waals surface area contributed by atoms with Gasteiger partial charge < -0.3 is 0 Å². The molecular formula is C18H26. The van der Waals surface area contributed by atoms with Crippen molar-refractivity contribution < 1.29 is 23.3 Å². The van der Waals surface area contributed by atoms with Crippen molar-refractivity contribution in [2.24, 2.45) is 0 Å². The predicted octanol–water partition coefficient (Wildman–Crippen LogP) is 5.09. The maximum absolute atomic E-state index is 8.87. The van der Waals surface area contributed by atoms with Crippen LogP contribution in [0.3, 0.4) is 0 Å². The van der Waals surface area contributed by atoms with E-state index in [1.165, 1.54) is 20.8 Å². The van der Waals surface area contributed by atoms with Crippen LogP contribution in [-0.4, -0.2) is 0 Å². The Morgan fingerprint density at radius 1 is 1.06 bits per heavy atom. The molecule has 1 fully saturated rings. The van der Waals surface area contributed by atoms with Crippen molar-refractivity contribution in [3.63, 3.8) is 0 Å². The van der Waals surface area contributed by atoms with Gasteiger partial charge in [0.2, 0.25) is 0 Å². The zero-order valence-electron chi connectivity index (χ0n) is 27.5. The fraction of sp³-hybridized carbons (Fsp3) is 0.667. The molecule has 0 unspecified atom stereocenters. The van der Waals surface area contributed by atoms with Gasteiger partial charge in [0.15, 0.2) is 0 Å². The van der Waals surface area contributed by atoms with Gasteiger partial charge in [-0.15, -0.1) is 0 Å². The molecule has 0 atom stereocenters. The molecule has 0 heterocycles. The SMILES string of the molecule is [2H]c1c([2H])c2c(c([2H])c1C(C)(C)C)C1(C([2H])([2H])[2H])C([2H])([2H])C([2H])([2H])C2(C([2H])([2H])[2H])C([2H])([2H])C1([2H])[2H]. The average molecular weight is 260 g/mol. The highest BCUT2D eigenvalue weighted by molar-refractivity contribution is 5.47. The molecule has 0 heteroatoms. The minimum Gasteiger partial charge on any atom is -0.0582 e. The lowest BCUT2D eigenvalue weighted by atomic mass is 9.52. The Morgan fingerprint density at radius 2 is 1.61 bits per heavy atom. The van der Waals surface area contributed by atoms with Gasteiger partial charge in [-0.25, -0.2) is 0 Å². The van der Waals surface area contributed by atoms with Crippen molar-refractivity contribution in [1.29, 1.82) is 0 Å². The van der Waals surface area contributed by atoms with Gasteiger partial charge >= 0.3 is 0 Å². The summed E-state index contributed by atoms with van der Waals surface area (Å²) in [5, 5.41) is 0. The van der Waals surface area contributed by atoms with Crippen molar-refractivity contribution in [2.45, 2.75) is 76.2 Å². The van der Waals surface area contributed by atoms with E-state index < -0.39 is 84.7 Å². The summed E-state index contributed by atoms with van der Waals surface area (Å²) >= 11 is 0. The highest BCUT2D eigenvalue weighted by Crippen LogP contribution is 2.56. The zero-order chi connectivity index (χ0) is 28.0. The standard InChI is InChI=1S/C18H26/c1-16(2,3)13-6-7-14-15(12-13)18(5)10-8-17(14,4)9-11-18/h6-7,12H,8-11H2,1-5H3/i4D3,5D3,6D,7D,8D2,9D2,10D2,11D2,12D.